The average Bonchev–Trinajstić information content (AvgIpc) is 3.43. The lowest BCUT2D eigenvalue weighted by molar-refractivity contribution is -0.137. The van der Waals surface area contributed by atoms with Crippen molar-refractivity contribution < 1.29 is 46.1 Å². The van der Waals surface area contributed by atoms with E-state index in [-0.39, 0.29) is 53.5 Å². The first kappa shape index (κ1) is 40.9. The number of halogens is 5. The molecule has 0 radical (unpaired) electrons. The standard InChI is InChI=1S/C43H45ClF4N4O6/c1-23-35(43(46,47)48)30(19-34(36(23)45)50(20-25-8-13-28(55-6)14-9-25)21-26-10-15-29(56-7)16-11-26)37-32(44)18-31-39(49-37)57-24(2)38-33-17-12-27(22-51(38)40(31)53)52(33)41(54)58-42(3,4)5/h8-11,13-16,18-19,24,27,33,38H,12,17,20-22H2,1-7H3/t24-,27+,33-,38+/m0/s1. The third kappa shape index (κ3) is 7.82. The molecule has 3 aromatic carbocycles. The van der Waals surface area contributed by atoms with Crippen molar-refractivity contribution in [2.75, 3.05) is 25.7 Å². The summed E-state index contributed by atoms with van der Waals surface area (Å²) in [5.74, 6) is -0.538. The first-order chi connectivity index (χ1) is 27.4. The molecule has 0 unspecified atom stereocenters. The Hall–Kier alpha value is -5.24. The number of nitrogens with zero attached hydrogens (tertiary/aromatic N) is 4. The topological polar surface area (TPSA) is 93.7 Å². The Bertz CT molecular complexity index is 2160. The lowest BCUT2D eigenvalue weighted by atomic mass is 9.95. The molecule has 2 amide bonds. The number of carbonyl (C=O) groups is 2. The Morgan fingerprint density at radius 2 is 1.53 bits per heavy atom. The van der Waals surface area contributed by atoms with Crippen LogP contribution in [0.1, 0.15) is 73.1 Å². The summed E-state index contributed by atoms with van der Waals surface area (Å²) in [5.41, 5.74) is -2.13. The van der Waals surface area contributed by atoms with Gasteiger partial charge in [-0.05, 0) is 101 Å². The number of ether oxygens (including phenoxy) is 4. The number of hydrogen-bond donors (Lipinski definition) is 0. The number of pyridine rings is 1. The van der Waals surface area contributed by atoms with Gasteiger partial charge in [-0.15, -0.1) is 0 Å². The first-order valence-corrected chi connectivity index (χ1v) is 19.4. The van der Waals surface area contributed by atoms with Gasteiger partial charge < -0.3 is 28.7 Å². The van der Waals surface area contributed by atoms with E-state index in [9.17, 15) is 9.59 Å². The van der Waals surface area contributed by atoms with Gasteiger partial charge in [-0.3, -0.25) is 9.69 Å². The van der Waals surface area contributed by atoms with E-state index in [1.807, 2.05) is 0 Å². The molecule has 3 aliphatic rings. The lowest BCUT2D eigenvalue weighted by Crippen LogP contribution is -2.65. The molecule has 4 aromatic rings. The number of carbonyl (C=O) groups excluding carboxylic acids is 2. The van der Waals surface area contributed by atoms with E-state index in [1.54, 1.807) is 90.9 Å². The van der Waals surface area contributed by atoms with Crippen LogP contribution in [0.25, 0.3) is 11.3 Å². The maximum Gasteiger partial charge on any atom is 0.417 e. The van der Waals surface area contributed by atoms with Crippen LogP contribution in [0.5, 0.6) is 17.4 Å². The highest BCUT2D eigenvalue weighted by Gasteiger charge is 2.54. The number of piperazine rings is 1. The van der Waals surface area contributed by atoms with Crippen LogP contribution in [0.3, 0.4) is 0 Å². The predicted octanol–water partition coefficient (Wildman–Crippen LogP) is 9.47. The predicted molar refractivity (Wildman–Crippen MR) is 210 cm³/mol. The summed E-state index contributed by atoms with van der Waals surface area (Å²) in [5, 5.41) is -0.253. The number of anilines is 1. The van der Waals surface area contributed by atoms with Crippen LogP contribution in [-0.2, 0) is 24.0 Å². The number of hydrogen-bond acceptors (Lipinski definition) is 8. The molecule has 7 rings (SSSR count). The van der Waals surface area contributed by atoms with Gasteiger partial charge in [-0.1, -0.05) is 35.9 Å². The van der Waals surface area contributed by atoms with Crippen molar-refractivity contribution >= 4 is 29.3 Å². The van der Waals surface area contributed by atoms with Crippen LogP contribution >= 0.6 is 11.6 Å². The Labute approximate surface area is 339 Å². The third-order valence-corrected chi connectivity index (χ3v) is 11.2. The van der Waals surface area contributed by atoms with E-state index < -0.39 is 64.5 Å². The molecule has 0 N–H and O–H groups in total. The number of benzene rings is 3. The van der Waals surface area contributed by atoms with Crippen molar-refractivity contribution in [1.82, 2.24) is 14.8 Å². The van der Waals surface area contributed by atoms with Gasteiger partial charge in [0.1, 0.15) is 34.6 Å². The van der Waals surface area contributed by atoms with Gasteiger partial charge in [0.05, 0.1) is 54.3 Å². The minimum atomic E-state index is -5.03. The van der Waals surface area contributed by atoms with Gasteiger partial charge in [-0.2, -0.15) is 13.2 Å². The number of amides is 2. The molecule has 1 aromatic heterocycles. The molecule has 10 nitrogen and oxygen atoms in total. The summed E-state index contributed by atoms with van der Waals surface area (Å²) < 4.78 is 84.5. The highest BCUT2D eigenvalue weighted by Crippen LogP contribution is 2.47. The minimum Gasteiger partial charge on any atom is -0.497 e. The van der Waals surface area contributed by atoms with E-state index in [0.717, 1.165) is 24.1 Å². The average molecular weight is 825 g/mol. The summed E-state index contributed by atoms with van der Waals surface area (Å²) in [6.07, 6.45) is -5.00. The van der Waals surface area contributed by atoms with Gasteiger partial charge in [0.25, 0.3) is 5.91 Å². The number of alkyl halides is 3. The highest BCUT2D eigenvalue weighted by atomic mass is 35.5. The molecule has 0 saturated carbocycles. The number of fused-ring (bicyclic) bond motifs is 5. The van der Waals surface area contributed by atoms with Crippen LogP contribution < -0.4 is 19.1 Å². The maximum absolute atomic E-state index is 16.6. The summed E-state index contributed by atoms with van der Waals surface area (Å²) in [4.78, 5) is 37.2. The lowest BCUT2D eigenvalue weighted by Gasteiger charge is -2.47. The van der Waals surface area contributed by atoms with Crippen molar-refractivity contribution in [3.63, 3.8) is 0 Å². The van der Waals surface area contributed by atoms with Gasteiger partial charge in [0, 0.05) is 25.2 Å². The molecule has 3 aliphatic heterocycles. The molecule has 308 valence electrons. The van der Waals surface area contributed by atoms with Crippen molar-refractivity contribution in [2.45, 2.75) is 96.6 Å². The van der Waals surface area contributed by atoms with Crippen LogP contribution in [0.2, 0.25) is 5.02 Å². The fourth-order valence-corrected chi connectivity index (χ4v) is 8.61. The SMILES string of the molecule is COc1ccc(CN(Cc2ccc(OC)cc2)c2cc(-c3nc4c(cc3Cl)C(=O)N3C[C@H]5CC[C@@H]([C@H]3[C@H](C)O4)N5C(=O)OC(C)(C)C)c(C(F)(F)F)c(C)c2F)cc1. The quantitative estimate of drug-likeness (QED) is 0.162. The van der Waals surface area contributed by atoms with Crippen LogP contribution in [-0.4, -0.2) is 77.4 Å². The molecular weight excluding hydrogens is 780 g/mol. The third-order valence-electron chi connectivity index (χ3n) is 10.9. The molecular formula is C43H45ClF4N4O6. The highest BCUT2D eigenvalue weighted by molar-refractivity contribution is 6.33. The van der Waals surface area contributed by atoms with Gasteiger partial charge in [-0.25, -0.2) is 14.2 Å². The zero-order valence-corrected chi connectivity index (χ0v) is 34.0. The second-order valence-corrected chi connectivity index (χ2v) is 16.3. The largest absolute Gasteiger partial charge is 0.497 e. The Balaban J connectivity index is 1.32. The van der Waals surface area contributed by atoms with Crippen LogP contribution in [0.4, 0.5) is 28.0 Å². The number of aromatic nitrogens is 1. The summed E-state index contributed by atoms with van der Waals surface area (Å²) in [6, 6.07) is 15.2. The van der Waals surface area contributed by atoms with E-state index >= 15 is 17.6 Å². The maximum atomic E-state index is 16.6. The zero-order chi connectivity index (χ0) is 41.8. The summed E-state index contributed by atoms with van der Waals surface area (Å²) in [6.45, 7) is 8.57. The van der Waals surface area contributed by atoms with E-state index in [1.165, 1.54) is 20.3 Å². The summed E-state index contributed by atoms with van der Waals surface area (Å²) in [7, 11) is 3.06. The second kappa shape index (κ2) is 15.5. The number of rotatable bonds is 8. The van der Waals surface area contributed by atoms with Gasteiger partial charge >= 0.3 is 12.3 Å². The Morgan fingerprint density at radius 3 is 2.07 bits per heavy atom. The minimum absolute atomic E-state index is 0.0264. The molecule has 4 atom stereocenters. The molecule has 2 fully saturated rings. The Morgan fingerprint density at radius 1 is 0.948 bits per heavy atom. The molecule has 0 spiro atoms. The van der Waals surface area contributed by atoms with Crippen molar-refractivity contribution in [3.8, 4) is 28.6 Å². The zero-order valence-electron chi connectivity index (χ0n) is 33.2. The fraction of sp³-hybridized carbons (Fsp3) is 0.419. The normalized spacial score (nSPS) is 20.2. The Kier molecular flexibility index (Phi) is 10.9. The first-order valence-electron chi connectivity index (χ1n) is 19.0. The molecule has 0 aliphatic carbocycles. The van der Waals surface area contributed by atoms with E-state index in [2.05, 4.69) is 4.98 Å². The molecule has 58 heavy (non-hydrogen) atoms. The fourth-order valence-electron chi connectivity index (χ4n) is 8.36. The molecule has 2 bridgehead atoms. The molecule has 4 heterocycles. The smallest absolute Gasteiger partial charge is 0.417 e. The van der Waals surface area contributed by atoms with Crippen LogP contribution in [0, 0.1) is 12.7 Å². The number of methoxy groups -OCH3 is 2. The van der Waals surface area contributed by atoms with Gasteiger partial charge in [0.2, 0.25) is 5.88 Å². The van der Waals surface area contributed by atoms with E-state index in [4.69, 9.17) is 30.5 Å². The van der Waals surface area contributed by atoms with Crippen molar-refractivity contribution in [3.05, 3.63) is 99.3 Å². The van der Waals surface area contributed by atoms with Crippen molar-refractivity contribution in [1.29, 1.82) is 0 Å². The molecule has 2 saturated heterocycles. The second-order valence-electron chi connectivity index (χ2n) is 15.9. The molecule has 15 heteroatoms. The van der Waals surface area contributed by atoms with Gasteiger partial charge in [0.15, 0.2) is 0 Å². The monoisotopic (exact) mass is 824 g/mol. The van der Waals surface area contributed by atoms with Crippen LogP contribution in [0.15, 0.2) is 60.7 Å². The summed E-state index contributed by atoms with van der Waals surface area (Å²) >= 11 is 6.83. The van der Waals surface area contributed by atoms with E-state index in [0.29, 0.717) is 24.3 Å². The van der Waals surface area contributed by atoms with Crippen molar-refractivity contribution in [2.24, 2.45) is 0 Å².